The average Bonchev–Trinajstić information content (AvgIpc) is 2.11. The zero-order valence-corrected chi connectivity index (χ0v) is 8.85. The number of hydrogen-bond donors (Lipinski definition) is 2. The Morgan fingerprint density at radius 1 is 1.57 bits per heavy atom. The highest BCUT2D eigenvalue weighted by molar-refractivity contribution is 5.75. The van der Waals surface area contributed by atoms with Crippen molar-refractivity contribution in [2.24, 2.45) is 5.41 Å². The predicted molar refractivity (Wildman–Crippen MR) is 50.8 cm³/mol. The maximum Gasteiger partial charge on any atom is 0.221 e. The molecule has 0 aliphatic heterocycles. The molecule has 14 heavy (non-hydrogen) atoms. The molecule has 0 bridgehead atoms. The Morgan fingerprint density at radius 3 is 2.57 bits per heavy atom. The summed E-state index contributed by atoms with van der Waals surface area (Å²) < 4.78 is 5.06. The molecule has 0 aromatic rings. The molecule has 0 saturated heterocycles. The molecule has 0 saturated carbocycles. The van der Waals surface area contributed by atoms with Crippen molar-refractivity contribution in [2.75, 3.05) is 13.3 Å². The molecule has 5 heteroatoms. The summed E-state index contributed by atoms with van der Waals surface area (Å²) in [5, 5.41) is 20.2. The van der Waals surface area contributed by atoms with Crippen LogP contribution in [0.2, 0.25) is 0 Å². The van der Waals surface area contributed by atoms with Crippen molar-refractivity contribution >= 4 is 11.8 Å². The van der Waals surface area contributed by atoms with Gasteiger partial charge in [-0.25, -0.2) is 0 Å². The fraction of sp³-hybridized carbons (Fsp3) is 0.778. The summed E-state index contributed by atoms with van der Waals surface area (Å²) in [6, 6.07) is 0. The van der Waals surface area contributed by atoms with Gasteiger partial charge in [-0.15, -0.1) is 0 Å². The predicted octanol–water partition coefficient (Wildman–Crippen LogP) is -0.150. The number of amides is 1. The molecule has 0 rings (SSSR count). The Bertz CT molecular complexity index is 214. The molecule has 5 nitrogen and oxygen atoms in total. The van der Waals surface area contributed by atoms with Crippen molar-refractivity contribution in [3.05, 3.63) is 0 Å². The Kier molecular flexibility index (Phi) is 5.15. The fourth-order valence-electron chi connectivity index (χ4n) is 0.628. The molecule has 0 atom stereocenters. The lowest BCUT2D eigenvalue weighted by atomic mass is 9.95. The van der Waals surface area contributed by atoms with E-state index in [4.69, 9.17) is 10.1 Å². The van der Waals surface area contributed by atoms with E-state index in [0.717, 1.165) is 0 Å². The largest absolute Gasteiger partial charge is 0.862 e. The summed E-state index contributed by atoms with van der Waals surface area (Å²) in [7, 11) is 0. The van der Waals surface area contributed by atoms with E-state index in [9.17, 15) is 9.90 Å². The molecule has 0 spiro atoms. The highest BCUT2D eigenvalue weighted by Crippen LogP contribution is 2.13. The third kappa shape index (κ3) is 4.81. The van der Waals surface area contributed by atoms with Crippen molar-refractivity contribution in [3.63, 3.8) is 0 Å². The summed E-state index contributed by atoms with van der Waals surface area (Å²) >= 11 is 0. The zero-order valence-electron chi connectivity index (χ0n) is 8.85. The standard InChI is InChI=1S/C9H18N2O3/c1-4-7(12)11-6-14-5-9(2,3)8(10)13/h4-6H2,1-3H3,(H2,10,13)(H,11,12)/p-1. The van der Waals surface area contributed by atoms with Crippen molar-refractivity contribution in [2.45, 2.75) is 27.2 Å². The molecule has 0 aromatic heterocycles. The van der Waals surface area contributed by atoms with E-state index in [1.165, 1.54) is 0 Å². The Balaban J connectivity index is 3.64. The monoisotopic (exact) mass is 201 g/mol. The molecular weight excluding hydrogens is 184 g/mol. The van der Waals surface area contributed by atoms with Gasteiger partial charge in [-0.05, 0) is 5.90 Å². The normalized spacial score (nSPS) is 11.1. The van der Waals surface area contributed by atoms with Crippen LogP contribution in [0.25, 0.3) is 0 Å². The van der Waals surface area contributed by atoms with Gasteiger partial charge in [0, 0.05) is 11.8 Å². The summed E-state index contributed by atoms with van der Waals surface area (Å²) in [5.41, 5.74) is -0.809. The van der Waals surface area contributed by atoms with Gasteiger partial charge in [0.05, 0.1) is 6.61 Å². The third-order valence-corrected chi connectivity index (χ3v) is 1.77. The molecule has 2 N–H and O–H groups in total. The van der Waals surface area contributed by atoms with Crippen LogP contribution in [0.4, 0.5) is 0 Å². The van der Waals surface area contributed by atoms with E-state index in [2.05, 4.69) is 5.32 Å². The van der Waals surface area contributed by atoms with Crippen LogP contribution < -0.4 is 10.4 Å². The van der Waals surface area contributed by atoms with E-state index in [0.29, 0.717) is 6.42 Å². The second kappa shape index (κ2) is 5.59. The lowest BCUT2D eigenvalue weighted by molar-refractivity contribution is -0.233. The van der Waals surface area contributed by atoms with Crippen molar-refractivity contribution in [1.82, 2.24) is 5.32 Å². The van der Waals surface area contributed by atoms with Gasteiger partial charge in [0.25, 0.3) is 0 Å². The van der Waals surface area contributed by atoms with Gasteiger partial charge in [0.15, 0.2) is 0 Å². The topological polar surface area (TPSA) is 85.2 Å². The van der Waals surface area contributed by atoms with E-state index in [-0.39, 0.29) is 19.2 Å². The van der Waals surface area contributed by atoms with Crippen molar-refractivity contribution in [1.29, 1.82) is 5.41 Å². The molecule has 82 valence electrons. The van der Waals surface area contributed by atoms with Crippen LogP contribution in [-0.4, -0.2) is 25.1 Å². The van der Waals surface area contributed by atoms with Crippen LogP contribution in [0, 0.1) is 10.8 Å². The molecular formula is C9H17N2O3-. The number of ether oxygens (including phenoxy) is 1. The van der Waals surface area contributed by atoms with Crippen LogP contribution >= 0.6 is 0 Å². The Hall–Kier alpha value is -1.10. The van der Waals surface area contributed by atoms with Crippen LogP contribution in [0.1, 0.15) is 27.2 Å². The number of carbonyl (C=O) groups excluding carboxylic acids is 1. The summed E-state index contributed by atoms with van der Waals surface area (Å²) in [6.07, 6.45) is 0.407. The van der Waals surface area contributed by atoms with Crippen molar-refractivity contribution in [3.8, 4) is 0 Å². The first-order chi connectivity index (χ1) is 6.40. The first-order valence-corrected chi connectivity index (χ1v) is 4.50. The van der Waals surface area contributed by atoms with Crippen molar-refractivity contribution < 1.29 is 14.6 Å². The Morgan fingerprint density at radius 2 is 2.14 bits per heavy atom. The average molecular weight is 201 g/mol. The molecule has 0 aliphatic rings. The zero-order chi connectivity index (χ0) is 11.2. The molecule has 0 aliphatic carbocycles. The van der Waals surface area contributed by atoms with Gasteiger partial charge < -0.3 is 20.6 Å². The summed E-state index contributed by atoms with van der Waals surface area (Å²) in [5.74, 6) is -0.765. The second-order valence-electron chi connectivity index (χ2n) is 3.66. The SMILES string of the molecule is CCC(=O)NCOCC(C)(C)C(=N)[O-]. The van der Waals surface area contributed by atoms with Gasteiger partial charge >= 0.3 is 0 Å². The lowest BCUT2D eigenvalue weighted by Gasteiger charge is -2.28. The number of carbonyl (C=O) groups is 1. The number of nitrogens with one attached hydrogen (secondary N) is 2. The quantitative estimate of drug-likeness (QED) is 0.271. The fourth-order valence-corrected chi connectivity index (χ4v) is 0.628. The number of rotatable bonds is 6. The third-order valence-electron chi connectivity index (χ3n) is 1.77. The van der Waals surface area contributed by atoms with E-state index < -0.39 is 11.3 Å². The summed E-state index contributed by atoms with van der Waals surface area (Å²) in [6.45, 7) is 5.23. The summed E-state index contributed by atoms with van der Waals surface area (Å²) in [4.78, 5) is 10.8. The van der Waals surface area contributed by atoms with Gasteiger partial charge in [-0.1, -0.05) is 20.8 Å². The second-order valence-corrected chi connectivity index (χ2v) is 3.66. The minimum absolute atomic E-state index is 0.0867. The maximum absolute atomic E-state index is 10.8. The molecule has 0 unspecified atom stereocenters. The molecule has 0 heterocycles. The minimum Gasteiger partial charge on any atom is -0.862 e. The smallest absolute Gasteiger partial charge is 0.221 e. The van der Waals surface area contributed by atoms with E-state index in [1.807, 2.05) is 0 Å². The van der Waals surface area contributed by atoms with Crippen LogP contribution in [-0.2, 0) is 9.53 Å². The van der Waals surface area contributed by atoms with Gasteiger partial charge in [0.2, 0.25) is 5.91 Å². The van der Waals surface area contributed by atoms with E-state index in [1.54, 1.807) is 20.8 Å². The molecule has 0 fully saturated rings. The lowest BCUT2D eigenvalue weighted by Crippen LogP contribution is -2.39. The molecule has 1 amide bonds. The first-order valence-electron chi connectivity index (χ1n) is 4.50. The Labute approximate surface area is 84.0 Å². The van der Waals surface area contributed by atoms with E-state index >= 15 is 0 Å². The highest BCUT2D eigenvalue weighted by Gasteiger charge is 2.17. The number of hydrogen-bond acceptors (Lipinski definition) is 4. The van der Waals surface area contributed by atoms with Crippen LogP contribution in [0.5, 0.6) is 0 Å². The highest BCUT2D eigenvalue weighted by atomic mass is 16.5. The van der Waals surface area contributed by atoms with Crippen LogP contribution in [0.3, 0.4) is 0 Å². The van der Waals surface area contributed by atoms with Crippen LogP contribution in [0.15, 0.2) is 0 Å². The van der Waals surface area contributed by atoms with Gasteiger partial charge in [-0.3, -0.25) is 4.79 Å². The molecule has 0 aromatic carbocycles. The van der Waals surface area contributed by atoms with Gasteiger partial charge in [-0.2, -0.15) is 0 Å². The molecule has 0 radical (unpaired) electrons. The maximum atomic E-state index is 10.8. The first kappa shape index (κ1) is 12.9. The minimum atomic E-state index is -0.809. The van der Waals surface area contributed by atoms with Gasteiger partial charge in [0.1, 0.15) is 6.73 Å².